The smallest absolute Gasteiger partial charge is 0.150 e. The van der Waals surface area contributed by atoms with Gasteiger partial charge in [-0.2, -0.15) is 0 Å². The lowest BCUT2D eigenvalue weighted by molar-refractivity contribution is 0.112. The summed E-state index contributed by atoms with van der Waals surface area (Å²) in [6, 6.07) is 5.57. The first-order chi connectivity index (χ1) is 7.20. The van der Waals surface area contributed by atoms with Crippen molar-refractivity contribution < 1.29 is 4.79 Å². The molecule has 2 rings (SSSR count). The molecule has 0 bridgehead atoms. The minimum absolute atomic E-state index is 0.572. The normalized spacial score (nSPS) is 11.1. The lowest BCUT2D eigenvalue weighted by Crippen LogP contribution is -2.02. The summed E-state index contributed by atoms with van der Waals surface area (Å²) in [5.74, 6) is 0.572. The molecule has 0 atom stereocenters. The molecule has 0 amide bonds. The van der Waals surface area contributed by atoms with Crippen molar-refractivity contribution >= 4 is 17.3 Å². The lowest BCUT2D eigenvalue weighted by Gasteiger charge is -2.06. The number of fused-ring (bicyclic) bond motifs is 1. The highest BCUT2D eigenvalue weighted by Crippen LogP contribution is 2.15. The van der Waals surface area contributed by atoms with Crippen molar-refractivity contribution in [3.63, 3.8) is 0 Å². The van der Waals surface area contributed by atoms with E-state index in [0.29, 0.717) is 11.5 Å². The predicted molar refractivity (Wildman–Crippen MR) is 60.0 cm³/mol. The molecule has 1 aromatic heterocycles. The van der Waals surface area contributed by atoms with Crippen molar-refractivity contribution in [2.45, 2.75) is 20.4 Å². The zero-order chi connectivity index (χ0) is 10.8. The number of rotatable bonds is 3. The van der Waals surface area contributed by atoms with Crippen molar-refractivity contribution in [1.29, 1.82) is 0 Å². The molecule has 0 aliphatic heterocycles. The van der Waals surface area contributed by atoms with Gasteiger partial charge < -0.3 is 4.57 Å². The number of aromatic nitrogens is 2. The molecular weight excluding hydrogens is 188 g/mol. The molecule has 1 heterocycles. The Labute approximate surface area is 88.7 Å². The molecular formula is C12H14N2O. The number of hydrogen-bond donors (Lipinski definition) is 0. The number of aldehydes is 1. The van der Waals surface area contributed by atoms with Gasteiger partial charge in [-0.3, -0.25) is 4.79 Å². The monoisotopic (exact) mass is 202 g/mol. The van der Waals surface area contributed by atoms with E-state index in [1.165, 1.54) is 0 Å². The Kier molecular flexibility index (Phi) is 2.54. The summed E-state index contributed by atoms with van der Waals surface area (Å²) in [6.45, 7) is 5.25. The van der Waals surface area contributed by atoms with Gasteiger partial charge in [-0.05, 0) is 24.1 Å². The van der Waals surface area contributed by atoms with E-state index in [1.807, 2.05) is 18.5 Å². The maximum absolute atomic E-state index is 10.7. The van der Waals surface area contributed by atoms with Gasteiger partial charge >= 0.3 is 0 Å². The van der Waals surface area contributed by atoms with E-state index in [-0.39, 0.29) is 0 Å². The van der Waals surface area contributed by atoms with Crippen LogP contribution in [0.15, 0.2) is 24.5 Å². The Morgan fingerprint density at radius 2 is 2.27 bits per heavy atom. The molecule has 2 aromatic rings. The number of imidazole rings is 1. The van der Waals surface area contributed by atoms with Gasteiger partial charge in [0.15, 0.2) is 0 Å². The molecule has 0 saturated heterocycles. The molecule has 0 saturated carbocycles. The highest BCUT2D eigenvalue weighted by Gasteiger charge is 2.04. The summed E-state index contributed by atoms with van der Waals surface area (Å²) >= 11 is 0. The molecule has 78 valence electrons. The summed E-state index contributed by atoms with van der Waals surface area (Å²) < 4.78 is 2.09. The van der Waals surface area contributed by atoms with Crippen LogP contribution in [0.3, 0.4) is 0 Å². The molecule has 1 aromatic carbocycles. The highest BCUT2D eigenvalue weighted by atomic mass is 16.1. The first-order valence-electron chi connectivity index (χ1n) is 5.11. The lowest BCUT2D eigenvalue weighted by atomic mass is 10.2. The first kappa shape index (κ1) is 9.90. The van der Waals surface area contributed by atoms with E-state index in [9.17, 15) is 4.79 Å². The minimum atomic E-state index is 0.572. The molecule has 0 unspecified atom stereocenters. The topological polar surface area (TPSA) is 34.9 Å². The van der Waals surface area contributed by atoms with E-state index >= 15 is 0 Å². The van der Waals surface area contributed by atoms with Crippen LogP contribution in [-0.4, -0.2) is 15.8 Å². The third-order valence-corrected chi connectivity index (χ3v) is 2.34. The second-order valence-corrected chi connectivity index (χ2v) is 4.16. The van der Waals surface area contributed by atoms with Gasteiger partial charge in [0.25, 0.3) is 0 Å². The SMILES string of the molecule is CC(C)Cn1cnc2ccc(C=O)cc21. The van der Waals surface area contributed by atoms with Crippen molar-refractivity contribution in [2.24, 2.45) is 5.92 Å². The molecule has 0 spiro atoms. The van der Waals surface area contributed by atoms with E-state index in [2.05, 4.69) is 23.4 Å². The molecule has 3 heteroatoms. The fourth-order valence-electron chi connectivity index (χ4n) is 1.69. The third-order valence-electron chi connectivity index (χ3n) is 2.34. The molecule has 0 aliphatic rings. The summed E-state index contributed by atoms with van der Waals surface area (Å²) in [7, 11) is 0. The van der Waals surface area contributed by atoms with Gasteiger partial charge in [0.1, 0.15) is 6.29 Å². The Hall–Kier alpha value is -1.64. The second-order valence-electron chi connectivity index (χ2n) is 4.16. The molecule has 3 nitrogen and oxygen atoms in total. The predicted octanol–water partition coefficient (Wildman–Crippen LogP) is 2.50. The van der Waals surface area contributed by atoms with Crippen LogP contribution in [-0.2, 0) is 6.54 Å². The number of nitrogens with zero attached hydrogens (tertiary/aromatic N) is 2. The quantitative estimate of drug-likeness (QED) is 0.717. The van der Waals surface area contributed by atoms with Gasteiger partial charge in [0.2, 0.25) is 0 Å². The number of carbonyl (C=O) groups excluding carboxylic acids is 1. The van der Waals surface area contributed by atoms with E-state index < -0.39 is 0 Å². The molecule has 0 radical (unpaired) electrons. The van der Waals surface area contributed by atoms with Gasteiger partial charge in [-0.15, -0.1) is 0 Å². The Bertz CT molecular complexity index is 485. The van der Waals surface area contributed by atoms with Crippen LogP contribution in [0.4, 0.5) is 0 Å². The van der Waals surface area contributed by atoms with E-state index in [0.717, 1.165) is 23.9 Å². The number of hydrogen-bond acceptors (Lipinski definition) is 2. The van der Waals surface area contributed by atoms with Crippen molar-refractivity contribution in [2.75, 3.05) is 0 Å². The fourth-order valence-corrected chi connectivity index (χ4v) is 1.69. The van der Waals surface area contributed by atoms with Crippen molar-refractivity contribution in [3.8, 4) is 0 Å². The summed E-state index contributed by atoms with van der Waals surface area (Å²) in [4.78, 5) is 15.0. The summed E-state index contributed by atoms with van der Waals surface area (Å²) in [5.41, 5.74) is 2.68. The Morgan fingerprint density at radius 3 is 2.93 bits per heavy atom. The molecule has 0 aliphatic carbocycles. The first-order valence-corrected chi connectivity index (χ1v) is 5.11. The van der Waals surface area contributed by atoms with Gasteiger partial charge in [-0.1, -0.05) is 13.8 Å². The molecule has 15 heavy (non-hydrogen) atoms. The number of carbonyl (C=O) groups is 1. The maximum atomic E-state index is 10.7. The van der Waals surface area contributed by atoms with Crippen molar-refractivity contribution in [1.82, 2.24) is 9.55 Å². The number of benzene rings is 1. The van der Waals surface area contributed by atoms with Gasteiger partial charge in [0.05, 0.1) is 17.4 Å². The van der Waals surface area contributed by atoms with Crippen LogP contribution in [0.5, 0.6) is 0 Å². The average molecular weight is 202 g/mol. The molecule has 0 fully saturated rings. The fraction of sp³-hybridized carbons (Fsp3) is 0.333. The standard InChI is InChI=1S/C12H14N2O/c1-9(2)6-14-8-13-11-4-3-10(7-15)5-12(11)14/h3-5,7-9H,6H2,1-2H3. The van der Waals surface area contributed by atoms with Crippen LogP contribution >= 0.6 is 0 Å². The van der Waals surface area contributed by atoms with Crippen LogP contribution in [0.1, 0.15) is 24.2 Å². The Morgan fingerprint density at radius 1 is 1.47 bits per heavy atom. The van der Waals surface area contributed by atoms with E-state index in [1.54, 1.807) is 6.07 Å². The Balaban J connectivity index is 2.51. The minimum Gasteiger partial charge on any atom is -0.330 e. The molecule has 0 N–H and O–H groups in total. The zero-order valence-corrected chi connectivity index (χ0v) is 8.97. The van der Waals surface area contributed by atoms with Crippen molar-refractivity contribution in [3.05, 3.63) is 30.1 Å². The second kappa shape index (κ2) is 3.85. The van der Waals surface area contributed by atoms with Crippen LogP contribution < -0.4 is 0 Å². The largest absolute Gasteiger partial charge is 0.330 e. The maximum Gasteiger partial charge on any atom is 0.150 e. The van der Waals surface area contributed by atoms with Gasteiger partial charge in [0, 0.05) is 12.1 Å². The van der Waals surface area contributed by atoms with Gasteiger partial charge in [-0.25, -0.2) is 4.98 Å². The third kappa shape index (κ3) is 1.91. The summed E-state index contributed by atoms with van der Waals surface area (Å²) in [6.07, 6.45) is 2.70. The summed E-state index contributed by atoms with van der Waals surface area (Å²) in [5, 5.41) is 0. The van der Waals surface area contributed by atoms with Crippen LogP contribution in [0.25, 0.3) is 11.0 Å². The highest BCUT2D eigenvalue weighted by molar-refractivity contribution is 5.84. The van der Waals surface area contributed by atoms with Crippen LogP contribution in [0.2, 0.25) is 0 Å². The zero-order valence-electron chi connectivity index (χ0n) is 8.97. The van der Waals surface area contributed by atoms with Crippen LogP contribution in [0, 0.1) is 5.92 Å². The average Bonchev–Trinajstić information content (AvgIpc) is 2.60. The van der Waals surface area contributed by atoms with E-state index in [4.69, 9.17) is 0 Å².